The van der Waals surface area contributed by atoms with Crippen LogP contribution < -0.4 is 10.5 Å². The number of hydrogen-bond donors (Lipinski definition) is 1. The molecule has 1 aromatic heterocycles. The van der Waals surface area contributed by atoms with Gasteiger partial charge in [-0.25, -0.2) is 0 Å². The molecule has 0 aliphatic heterocycles. The summed E-state index contributed by atoms with van der Waals surface area (Å²) in [6.07, 6.45) is 0.974. The first-order valence-electron chi connectivity index (χ1n) is 8.33. The molecule has 1 heterocycles. The number of amides is 1. The number of fused-ring (bicyclic) bond motifs is 1. The molecule has 0 aliphatic carbocycles. The molecule has 0 saturated heterocycles. The van der Waals surface area contributed by atoms with Crippen LogP contribution in [0.2, 0.25) is 0 Å². The average molecular weight is 335 g/mol. The van der Waals surface area contributed by atoms with Crippen LogP contribution in [0.4, 0.5) is 0 Å². The number of benzene rings is 2. The molecular weight excluding hydrogens is 314 g/mol. The van der Waals surface area contributed by atoms with Crippen molar-refractivity contribution >= 4 is 16.7 Å². The van der Waals surface area contributed by atoms with Gasteiger partial charge < -0.3 is 10.5 Å². The Balaban J connectivity index is 2.10. The van der Waals surface area contributed by atoms with E-state index in [-0.39, 0.29) is 6.10 Å². The van der Waals surface area contributed by atoms with Gasteiger partial charge in [0.1, 0.15) is 0 Å². The lowest BCUT2D eigenvalue weighted by molar-refractivity contribution is 0.100. The van der Waals surface area contributed by atoms with Crippen LogP contribution in [-0.4, -0.2) is 22.2 Å². The largest absolute Gasteiger partial charge is 0.473 e. The molecule has 5 heteroatoms. The number of nitrogens with zero attached hydrogens (tertiary/aromatic N) is 2. The van der Waals surface area contributed by atoms with Crippen molar-refractivity contribution in [3.63, 3.8) is 0 Å². The van der Waals surface area contributed by atoms with Crippen LogP contribution in [0.5, 0.6) is 5.88 Å². The van der Waals surface area contributed by atoms with Gasteiger partial charge >= 0.3 is 0 Å². The number of aromatic nitrogens is 2. The second-order valence-electron chi connectivity index (χ2n) is 6.13. The van der Waals surface area contributed by atoms with E-state index < -0.39 is 5.91 Å². The summed E-state index contributed by atoms with van der Waals surface area (Å²) in [5.74, 6) is 0.112. The van der Waals surface area contributed by atoms with Gasteiger partial charge in [0.2, 0.25) is 11.8 Å². The average Bonchev–Trinajstić information content (AvgIpc) is 2.63. The fourth-order valence-electron chi connectivity index (χ4n) is 2.65. The summed E-state index contributed by atoms with van der Waals surface area (Å²) in [5, 5.41) is 10.3. The summed E-state index contributed by atoms with van der Waals surface area (Å²) in [6, 6.07) is 13.3. The van der Waals surface area contributed by atoms with Crippen molar-refractivity contribution in [3.05, 3.63) is 53.7 Å². The topological polar surface area (TPSA) is 78.1 Å². The highest BCUT2D eigenvalue weighted by atomic mass is 16.5. The van der Waals surface area contributed by atoms with Gasteiger partial charge in [0.05, 0.1) is 11.8 Å². The number of carbonyl (C=O) groups is 1. The molecule has 1 atom stereocenters. The monoisotopic (exact) mass is 335 g/mol. The van der Waals surface area contributed by atoms with Crippen molar-refractivity contribution in [2.75, 3.05) is 0 Å². The fourth-order valence-corrected chi connectivity index (χ4v) is 2.65. The van der Waals surface area contributed by atoms with Gasteiger partial charge in [-0.2, -0.15) is 5.10 Å². The van der Waals surface area contributed by atoms with Crippen LogP contribution in [0, 0.1) is 6.92 Å². The third kappa shape index (κ3) is 3.45. The molecular formula is C20H21N3O2. The molecule has 0 fully saturated rings. The highest BCUT2D eigenvalue weighted by Gasteiger charge is 2.12. The second-order valence-corrected chi connectivity index (χ2v) is 6.13. The van der Waals surface area contributed by atoms with E-state index in [1.165, 1.54) is 0 Å². The van der Waals surface area contributed by atoms with E-state index in [1.54, 1.807) is 12.1 Å². The van der Waals surface area contributed by atoms with E-state index in [4.69, 9.17) is 10.5 Å². The van der Waals surface area contributed by atoms with E-state index >= 15 is 0 Å². The maximum absolute atomic E-state index is 11.4. The molecule has 0 spiro atoms. The van der Waals surface area contributed by atoms with Crippen LogP contribution in [0.15, 0.2) is 42.5 Å². The van der Waals surface area contributed by atoms with E-state index in [1.807, 2.05) is 44.2 Å². The van der Waals surface area contributed by atoms with Crippen molar-refractivity contribution < 1.29 is 9.53 Å². The Kier molecular flexibility index (Phi) is 4.65. The highest BCUT2D eigenvalue weighted by molar-refractivity contribution is 5.95. The van der Waals surface area contributed by atoms with Gasteiger partial charge in [-0.15, -0.1) is 5.10 Å². The first-order chi connectivity index (χ1) is 12.0. The Morgan fingerprint density at radius 1 is 1.12 bits per heavy atom. The lowest BCUT2D eigenvalue weighted by Crippen LogP contribution is -2.12. The zero-order valence-electron chi connectivity index (χ0n) is 14.6. The van der Waals surface area contributed by atoms with Crippen molar-refractivity contribution in [2.45, 2.75) is 33.3 Å². The van der Waals surface area contributed by atoms with Crippen LogP contribution in [-0.2, 0) is 0 Å². The Labute approximate surface area is 146 Å². The summed E-state index contributed by atoms with van der Waals surface area (Å²) < 4.78 is 5.89. The third-order valence-electron chi connectivity index (χ3n) is 4.30. The number of ether oxygens (including phenoxy) is 1. The van der Waals surface area contributed by atoms with Gasteiger partial charge in [-0.1, -0.05) is 25.1 Å². The quantitative estimate of drug-likeness (QED) is 0.767. The minimum Gasteiger partial charge on any atom is -0.473 e. The summed E-state index contributed by atoms with van der Waals surface area (Å²) in [7, 11) is 0. The van der Waals surface area contributed by atoms with Crippen LogP contribution in [0.3, 0.4) is 0 Å². The first kappa shape index (κ1) is 16.9. The highest BCUT2D eigenvalue weighted by Crippen LogP contribution is 2.30. The van der Waals surface area contributed by atoms with Gasteiger partial charge in [-0.3, -0.25) is 4.79 Å². The van der Waals surface area contributed by atoms with Crippen LogP contribution in [0.1, 0.15) is 36.3 Å². The summed E-state index contributed by atoms with van der Waals surface area (Å²) in [5.41, 5.74) is 8.62. The zero-order chi connectivity index (χ0) is 18.0. The molecule has 128 valence electrons. The molecule has 0 bridgehead atoms. The molecule has 0 aliphatic rings. The smallest absolute Gasteiger partial charge is 0.248 e. The molecule has 25 heavy (non-hydrogen) atoms. The maximum atomic E-state index is 11.4. The van der Waals surface area contributed by atoms with Gasteiger partial charge in [-0.05, 0) is 55.7 Å². The Hall–Kier alpha value is -2.95. The minimum absolute atomic E-state index is 0.0760. The van der Waals surface area contributed by atoms with Crippen molar-refractivity contribution in [1.29, 1.82) is 0 Å². The maximum Gasteiger partial charge on any atom is 0.248 e. The van der Waals surface area contributed by atoms with Gasteiger partial charge in [0, 0.05) is 16.3 Å². The number of carbonyl (C=O) groups excluding carboxylic acids is 1. The van der Waals surface area contributed by atoms with Crippen molar-refractivity contribution in [2.24, 2.45) is 5.73 Å². The number of aryl methyl sites for hydroxylation is 1. The number of hydrogen-bond acceptors (Lipinski definition) is 4. The minimum atomic E-state index is -0.436. The number of nitrogens with two attached hydrogens (primary N) is 1. The van der Waals surface area contributed by atoms with Crippen LogP contribution in [0.25, 0.3) is 21.9 Å². The van der Waals surface area contributed by atoms with Gasteiger partial charge in [0.15, 0.2) is 0 Å². The summed E-state index contributed by atoms with van der Waals surface area (Å²) in [6.45, 7) is 6.00. The fraction of sp³-hybridized carbons (Fsp3) is 0.250. The molecule has 2 N–H and O–H groups in total. The predicted octanol–water partition coefficient (Wildman–Crippen LogP) is 3.88. The van der Waals surface area contributed by atoms with E-state index in [2.05, 4.69) is 17.1 Å². The summed E-state index contributed by atoms with van der Waals surface area (Å²) >= 11 is 0. The third-order valence-corrected chi connectivity index (χ3v) is 4.30. The number of primary amides is 1. The molecule has 0 unspecified atom stereocenters. The van der Waals surface area contributed by atoms with Crippen molar-refractivity contribution in [1.82, 2.24) is 10.2 Å². The molecule has 2 aromatic carbocycles. The Bertz CT molecular complexity index is 937. The summed E-state index contributed by atoms with van der Waals surface area (Å²) in [4.78, 5) is 11.4. The van der Waals surface area contributed by atoms with Gasteiger partial charge in [0.25, 0.3) is 0 Å². The molecule has 3 rings (SSSR count). The first-order valence-corrected chi connectivity index (χ1v) is 8.33. The lowest BCUT2D eigenvalue weighted by Gasteiger charge is -2.14. The molecule has 5 nitrogen and oxygen atoms in total. The lowest BCUT2D eigenvalue weighted by atomic mass is 9.99. The SMILES string of the molecule is CC[C@H](C)Oc1nnc(C)c2cc(-c3cccc(C(N)=O)c3)ccc12. The second kappa shape index (κ2) is 6.89. The Morgan fingerprint density at radius 3 is 2.60 bits per heavy atom. The van der Waals surface area contributed by atoms with Crippen LogP contribution >= 0.6 is 0 Å². The molecule has 0 radical (unpaired) electrons. The molecule has 1 amide bonds. The molecule has 3 aromatic rings. The van der Waals surface area contributed by atoms with E-state index in [0.717, 1.165) is 34.0 Å². The van der Waals surface area contributed by atoms with Crippen molar-refractivity contribution in [3.8, 4) is 17.0 Å². The standard InChI is InChI=1S/C20H21N3O2/c1-4-12(2)25-20-17-9-8-15(11-18(17)13(3)22-23-20)14-6-5-7-16(10-14)19(21)24/h5-12H,4H2,1-3H3,(H2,21,24)/t12-/m0/s1. The predicted molar refractivity (Wildman–Crippen MR) is 98.6 cm³/mol. The zero-order valence-corrected chi connectivity index (χ0v) is 14.6. The Morgan fingerprint density at radius 2 is 1.88 bits per heavy atom. The number of rotatable bonds is 5. The molecule has 0 saturated carbocycles. The van der Waals surface area contributed by atoms with E-state index in [0.29, 0.717) is 11.4 Å². The normalized spacial score (nSPS) is 12.1. The van der Waals surface area contributed by atoms with E-state index in [9.17, 15) is 4.79 Å².